The summed E-state index contributed by atoms with van der Waals surface area (Å²) in [6, 6.07) is 40.8. The third kappa shape index (κ3) is 10.3. The van der Waals surface area contributed by atoms with Crippen LogP contribution in [0, 0.1) is 12.2 Å². The van der Waals surface area contributed by atoms with E-state index in [-0.39, 0.29) is 72.3 Å². The molecular weight excluding hydrogens is 898 g/mol. The van der Waals surface area contributed by atoms with Crippen LogP contribution in [0.5, 0.6) is 0 Å². The Hall–Kier alpha value is -3.23. The average Bonchev–Trinajstić information content (AvgIpc) is 3.71. The fourth-order valence-corrected chi connectivity index (χ4v) is 7.58. The van der Waals surface area contributed by atoms with Crippen LogP contribution in [0.4, 0.5) is 0 Å². The van der Waals surface area contributed by atoms with Crippen LogP contribution >= 0.6 is 0 Å². The van der Waals surface area contributed by atoms with Gasteiger partial charge in [0.05, 0.1) is 0 Å². The van der Waals surface area contributed by atoms with Crippen LogP contribution in [0.15, 0.2) is 109 Å². The van der Waals surface area contributed by atoms with Crippen molar-refractivity contribution in [3.63, 3.8) is 0 Å². The van der Waals surface area contributed by atoms with Gasteiger partial charge in [0.25, 0.3) is 0 Å². The van der Waals surface area contributed by atoms with Gasteiger partial charge in [-0.2, -0.15) is 0 Å². The van der Waals surface area contributed by atoms with Gasteiger partial charge in [-0.3, -0.25) is 0 Å². The molecule has 0 radical (unpaired) electrons. The van der Waals surface area contributed by atoms with E-state index >= 15 is 0 Å². The van der Waals surface area contributed by atoms with E-state index < -0.39 is 0 Å². The maximum Gasteiger partial charge on any atom is 4.00 e. The fourth-order valence-electron chi connectivity index (χ4n) is 7.58. The van der Waals surface area contributed by atoms with Gasteiger partial charge in [-0.15, -0.1) is 57.7 Å². The van der Waals surface area contributed by atoms with E-state index in [4.69, 9.17) is 0 Å². The third-order valence-electron chi connectivity index (χ3n) is 11.3. The molecule has 0 bridgehead atoms. The number of fused-ring (bicyclic) bond motifs is 4. The zero-order valence-corrected chi connectivity index (χ0v) is 41.2. The maximum atomic E-state index is 3.72. The molecule has 0 saturated carbocycles. The van der Waals surface area contributed by atoms with Gasteiger partial charge < -0.3 is 24.8 Å². The Morgan fingerprint density at radius 2 is 0.632 bits per heavy atom. The first-order chi connectivity index (χ1) is 25.2. The first-order valence-corrected chi connectivity index (χ1v) is 19.8. The van der Waals surface area contributed by atoms with Crippen molar-refractivity contribution < 1.29 is 50.7 Å². The second kappa shape index (κ2) is 17.2. The van der Waals surface area contributed by atoms with Gasteiger partial charge in [-0.05, 0) is 32.4 Å². The predicted octanol–water partition coefficient (Wildman–Crippen LogP) is 8.46. The Morgan fingerprint density at radius 1 is 0.368 bits per heavy atom. The standard InChI is InChI=1S/2C27H29.2ClH.Hf/c2*1-26(2,3)24-15-23(16-25(17-24)27(4,5)6)22-13-20-11-18-9-7-8-10-19(18)12-21(20)14-22;;;/h2*7-12,15-17H,13H2,1-6H3;2*1H;/q2*-1;;;+4/p-2. The van der Waals surface area contributed by atoms with Crippen LogP contribution in [0.25, 0.3) is 32.7 Å². The quantitative estimate of drug-likeness (QED) is 0.121. The van der Waals surface area contributed by atoms with Gasteiger partial charge in [0.15, 0.2) is 0 Å². The minimum atomic E-state index is 0. The van der Waals surface area contributed by atoms with E-state index in [1.165, 1.54) is 88.3 Å². The van der Waals surface area contributed by atoms with Crippen molar-refractivity contribution in [1.82, 2.24) is 0 Å². The van der Waals surface area contributed by atoms with Gasteiger partial charge in [0.2, 0.25) is 0 Å². The normalized spacial score (nSPS) is 13.6. The van der Waals surface area contributed by atoms with E-state index in [0.29, 0.717) is 0 Å². The summed E-state index contributed by atoms with van der Waals surface area (Å²) >= 11 is 0. The fraction of sp³-hybridized carbons (Fsp3) is 0.333. The summed E-state index contributed by atoms with van der Waals surface area (Å²) < 4.78 is 0. The van der Waals surface area contributed by atoms with E-state index in [9.17, 15) is 0 Å². The summed E-state index contributed by atoms with van der Waals surface area (Å²) in [6.07, 6.45) is 9.37. The van der Waals surface area contributed by atoms with Crippen molar-refractivity contribution in [3.8, 4) is 0 Å². The molecule has 292 valence electrons. The summed E-state index contributed by atoms with van der Waals surface area (Å²) in [6.45, 7) is 27.6. The van der Waals surface area contributed by atoms with E-state index in [2.05, 4.69) is 204 Å². The van der Waals surface area contributed by atoms with Gasteiger partial charge >= 0.3 is 25.8 Å². The minimum Gasteiger partial charge on any atom is -1.00 e. The number of allylic oxidation sites excluding steroid dienone is 2. The number of rotatable bonds is 2. The predicted molar refractivity (Wildman–Crippen MR) is 234 cm³/mol. The molecule has 0 spiro atoms. The van der Waals surface area contributed by atoms with Crippen LogP contribution in [0.2, 0.25) is 0 Å². The summed E-state index contributed by atoms with van der Waals surface area (Å²) in [5.74, 6) is 0. The third-order valence-corrected chi connectivity index (χ3v) is 11.3. The Kier molecular flexibility index (Phi) is 14.0. The van der Waals surface area contributed by atoms with Crippen LogP contribution in [-0.4, -0.2) is 0 Å². The van der Waals surface area contributed by atoms with E-state index in [0.717, 1.165) is 12.8 Å². The second-order valence-corrected chi connectivity index (χ2v) is 19.9. The monoisotopic (exact) mass is 956 g/mol. The Balaban J connectivity index is 0.000000240. The molecule has 8 rings (SSSR count). The van der Waals surface area contributed by atoms with Crippen molar-refractivity contribution in [2.75, 3.05) is 0 Å². The molecule has 0 amide bonds. The van der Waals surface area contributed by atoms with Crippen molar-refractivity contribution in [2.45, 2.75) is 118 Å². The van der Waals surface area contributed by atoms with Crippen LogP contribution in [0.1, 0.15) is 139 Å². The molecule has 0 heterocycles. The van der Waals surface area contributed by atoms with Gasteiger partial charge in [-0.1, -0.05) is 237 Å². The smallest absolute Gasteiger partial charge is 1.00 e. The number of hydrogen-bond donors (Lipinski definition) is 0. The number of halogens is 2. The van der Waals surface area contributed by atoms with Crippen LogP contribution in [-0.2, 0) is 60.3 Å². The maximum absolute atomic E-state index is 3.72. The molecule has 6 aromatic carbocycles. The van der Waals surface area contributed by atoms with Crippen molar-refractivity contribution in [1.29, 1.82) is 0 Å². The molecule has 0 N–H and O–H groups in total. The van der Waals surface area contributed by atoms with Crippen molar-refractivity contribution in [2.24, 2.45) is 0 Å². The summed E-state index contributed by atoms with van der Waals surface area (Å²) in [7, 11) is 0. The van der Waals surface area contributed by atoms with E-state index in [1.54, 1.807) is 0 Å². The van der Waals surface area contributed by atoms with Crippen LogP contribution in [0.3, 0.4) is 0 Å². The molecule has 0 atom stereocenters. The van der Waals surface area contributed by atoms with Gasteiger partial charge in [-0.25, -0.2) is 0 Å². The van der Waals surface area contributed by atoms with Gasteiger partial charge in [0, 0.05) is 0 Å². The molecule has 2 aliphatic carbocycles. The number of hydrogen-bond acceptors (Lipinski definition) is 0. The molecule has 0 unspecified atom stereocenters. The first-order valence-electron chi connectivity index (χ1n) is 19.8. The largest absolute Gasteiger partial charge is 4.00 e. The number of benzene rings is 6. The SMILES string of the molecule is CC(C)(C)c1cc(C2=[C-]c3cc4ccccc4cc3C2)cc(C(C)(C)C)c1.CC(C)(C)c1cc(C2=[C-]c3cc4ccccc4cc3C2)cc(C(C)(C)C)c1.[Cl-].[Cl-].[Hf+4]. The minimum absolute atomic E-state index is 0. The molecule has 0 aromatic heterocycles. The molecule has 57 heavy (non-hydrogen) atoms. The molecule has 3 heteroatoms. The Morgan fingerprint density at radius 3 is 0.895 bits per heavy atom. The van der Waals surface area contributed by atoms with Crippen molar-refractivity contribution in [3.05, 3.63) is 177 Å². The van der Waals surface area contributed by atoms with Crippen molar-refractivity contribution >= 4 is 32.7 Å². The van der Waals surface area contributed by atoms with Gasteiger partial charge in [0.1, 0.15) is 0 Å². The summed E-state index contributed by atoms with van der Waals surface area (Å²) in [5.41, 5.74) is 16.7. The molecule has 0 nitrogen and oxygen atoms in total. The zero-order valence-electron chi connectivity index (χ0n) is 36.1. The molecule has 0 fully saturated rings. The summed E-state index contributed by atoms with van der Waals surface area (Å²) in [4.78, 5) is 0. The average molecular weight is 956 g/mol. The zero-order chi connectivity index (χ0) is 38.8. The second-order valence-electron chi connectivity index (χ2n) is 19.9. The molecule has 0 aliphatic heterocycles. The van der Waals surface area contributed by atoms with Crippen LogP contribution < -0.4 is 24.8 Å². The topological polar surface area (TPSA) is 0 Å². The molecule has 2 aliphatic rings. The summed E-state index contributed by atoms with van der Waals surface area (Å²) in [5, 5.41) is 5.23. The first kappa shape index (κ1) is 46.5. The molecule has 6 aromatic rings. The Bertz CT molecular complexity index is 2230. The van der Waals surface area contributed by atoms with E-state index in [1.807, 2.05) is 0 Å². The Labute approximate surface area is 375 Å². The molecule has 0 saturated heterocycles. The molecular formula is C54H58Cl2Hf.